The predicted octanol–water partition coefficient (Wildman–Crippen LogP) is 11.7. The number of benzene rings is 6. The summed E-state index contributed by atoms with van der Waals surface area (Å²) >= 11 is 0. The lowest BCUT2D eigenvalue weighted by atomic mass is 9.89. The monoisotopic (exact) mass is 675 g/mol. The average molecular weight is 676 g/mol. The molecule has 252 valence electrons. The van der Waals surface area contributed by atoms with Crippen LogP contribution in [0.1, 0.15) is 60.3 Å². The lowest BCUT2D eigenvalue weighted by Gasteiger charge is -2.33. The van der Waals surface area contributed by atoms with Crippen molar-refractivity contribution in [2.45, 2.75) is 50.9 Å². The molecule has 11 rings (SSSR count). The highest BCUT2D eigenvalue weighted by molar-refractivity contribution is 6.14. The van der Waals surface area contributed by atoms with Crippen molar-refractivity contribution in [2.24, 2.45) is 4.99 Å². The van der Waals surface area contributed by atoms with Crippen molar-refractivity contribution in [3.63, 3.8) is 0 Å². The molecule has 2 aliphatic carbocycles. The van der Waals surface area contributed by atoms with Gasteiger partial charge in [0, 0.05) is 38.2 Å². The Kier molecular flexibility index (Phi) is 6.77. The van der Waals surface area contributed by atoms with E-state index in [1.54, 1.807) is 0 Å². The van der Waals surface area contributed by atoms with Gasteiger partial charge in [-0.2, -0.15) is 0 Å². The van der Waals surface area contributed by atoms with E-state index in [1.807, 2.05) is 6.07 Å². The molecule has 2 aromatic heterocycles. The average Bonchev–Trinajstić information content (AvgIpc) is 3.77. The number of allylic oxidation sites excluding steroid dienone is 2. The fourth-order valence-electron chi connectivity index (χ4n) is 8.73. The molecule has 0 fully saturated rings. The first-order chi connectivity index (χ1) is 25.7. The molecule has 0 spiro atoms. The summed E-state index contributed by atoms with van der Waals surface area (Å²) in [5.74, 6) is 0.917. The van der Waals surface area contributed by atoms with Crippen molar-refractivity contribution in [1.82, 2.24) is 10.6 Å². The van der Waals surface area contributed by atoms with Crippen molar-refractivity contribution < 1.29 is 8.83 Å². The number of hydrogen-bond donors (Lipinski definition) is 2. The Morgan fingerprint density at radius 3 is 2.40 bits per heavy atom. The summed E-state index contributed by atoms with van der Waals surface area (Å²) in [4.78, 5) is 5.34. The summed E-state index contributed by atoms with van der Waals surface area (Å²) in [5.41, 5.74) is 12.0. The molecule has 0 saturated heterocycles. The molecule has 3 aliphatic rings. The van der Waals surface area contributed by atoms with Crippen molar-refractivity contribution in [3.05, 3.63) is 155 Å². The van der Waals surface area contributed by atoms with E-state index in [1.165, 1.54) is 40.3 Å². The van der Waals surface area contributed by atoms with Gasteiger partial charge >= 0.3 is 0 Å². The third kappa shape index (κ3) is 4.84. The molecule has 5 nitrogen and oxygen atoms in total. The highest BCUT2D eigenvalue weighted by Gasteiger charge is 2.30. The predicted molar refractivity (Wildman–Crippen MR) is 213 cm³/mol. The van der Waals surface area contributed by atoms with E-state index in [4.69, 9.17) is 13.8 Å². The number of aryl methyl sites for hydroxylation is 2. The normalized spacial score (nSPS) is 18.9. The molecule has 3 heterocycles. The minimum absolute atomic E-state index is 0.213. The number of rotatable bonds is 4. The zero-order valence-electron chi connectivity index (χ0n) is 28.8. The lowest BCUT2D eigenvalue weighted by Crippen LogP contribution is -2.45. The first-order valence-corrected chi connectivity index (χ1v) is 18.6. The van der Waals surface area contributed by atoms with E-state index >= 15 is 0 Å². The minimum atomic E-state index is -0.242. The van der Waals surface area contributed by atoms with Gasteiger partial charge in [0.2, 0.25) is 0 Å². The molecule has 1 aliphatic heterocycles. The van der Waals surface area contributed by atoms with Gasteiger partial charge in [0.05, 0.1) is 0 Å². The quantitative estimate of drug-likeness (QED) is 0.195. The Morgan fingerprint density at radius 2 is 1.50 bits per heavy atom. The number of furan rings is 2. The van der Waals surface area contributed by atoms with Gasteiger partial charge in [-0.15, -0.1) is 0 Å². The molecule has 2 unspecified atom stereocenters. The van der Waals surface area contributed by atoms with Crippen molar-refractivity contribution >= 4 is 60.5 Å². The number of para-hydroxylation sites is 2. The summed E-state index contributed by atoms with van der Waals surface area (Å²) in [6, 6.07) is 39.2. The minimum Gasteiger partial charge on any atom is -0.456 e. The van der Waals surface area contributed by atoms with Crippen LogP contribution >= 0.6 is 0 Å². The SMILES string of the molecule is C1=CC(C2=NC(c3ccc4c(c3)CCCC4)NC(c3cc(-c4cccc5c4oc4cc6ccccc6cc45)cc4oc5ccccc5c34)N2)=CCC1. The van der Waals surface area contributed by atoms with Gasteiger partial charge < -0.3 is 14.2 Å². The van der Waals surface area contributed by atoms with Crippen molar-refractivity contribution in [3.8, 4) is 11.1 Å². The van der Waals surface area contributed by atoms with Crippen LogP contribution in [0.15, 0.2) is 147 Å². The molecule has 5 heteroatoms. The Hall–Kier alpha value is -5.91. The van der Waals surface area contributed by atoms with Crippen molar-refractivity contribution in [2.75, 3.05) is 0 Å². The Labute approximate surface area is 301 Å². The van der Waals surface area contributed by atoms with Crippen molar-refractivity contribution in [1.29, 1.82) is 0 Å². The zero-order valence-corrected chi connectivity index (χ0v) is 28.8. The molecule has 0 bridgehead atoms. The first kappa shape index (κ1) is 29.8. The molecule has 52 heavy (non-hydrogen) atoms. The second kappa shape index (κ2) is 11.8. The zero-order chi connectivity index (χ0) is 34.2. The maximum Gasteiger partial charge on any atom is 0.143 e. The summed E-state index contributed by atoms with van der Waals surface area (Å²) in [6.07, 6.45) is 13.2. The van der Waals surface area contributed by atoms with Gasteiger partial charge in [0.15, 0.2) is 0 Å². The van der Waals surface area contributed by atoms with Gasteiger partial charge in [0.25, 0.3) is 0 Å². The summed E-state index contributed by atoms with van der Waals surface area (Å²) in [7, 11) is 0. The summed E-state index contributed by atoms with van der Waals surface area (Å²) in [5, 5.41) is 14.6. The molecule has 2 N–H and O–H groups in total. The second-order valence-corrected chi connectivity index (χ2v) is 14.5. The number of nitrogens with one attached hydrogen (secondary N) is 2. The highest BCUT2D eigenvalue weighted by atomic mass is 16.3. The second-order valence-electron chi connectivity index (χ2n) is 14.5. The number of amidine groups is 1. The van der Waals surface area contributed by atoms with Crippen LogP contribution in [-0.2, 0) is 12.8 Å². The molecule has 0 saturated carbocycles. The Balaban J connectivity index is 1.11. The lowest BCUT2D eigenvalue weighted by molar-refractivity contribution is 0.410. The van der Waals surface area contributed by atoms with Crippen LogP contribution in [0.3, 0.4) is 0 Å². The number of fused-ring (bicyclic) bond motifs is 8. The van der Waals surface area contributed by atoms with Gasteiger partial charge in [-0.1, -0.05) is 97.1 Å². The third-order valence-corrected chi connectivity index (χ3v) is 11.3. The van der Waals surface area contributed by atoms with E-state index in [0.717, 1.165) is 97.7 Å². The van der Waals surface area contributed by atoms with Crippen LogP contribution in [0.2, 0.25) is 0 Å². The van der Waals surface area contributed by atoms with Crippen LogP contribution in [-0.4, -0.2) is 5.84 Å². The number of nitrogens with zero attached hydrogens (tertiary/aromatic N) is 1. The number of aliphatic imine (C=N–C) groups is 1. The van der Waals surface area contributed by atoms with Gasteiger partial charge in [-0.3, -0.25) is 5.32 Å². The Bertz CT molecular complexity index is 2830. The smallest absolute Gasteiger partial charge is 0.143 e. The van der Waals surface area contributed by atoms with Crippen LogP contribution in [0.25, 0.3) is 65.8 Å². The van der Waals surface area contributed by atoms with E-state index in [-0.39, 0.29) is 12.3 Å². The largest absolute Gasteiger partial charge is 0.456 e. The van der Waals surface area contributed by atoms with Gasteiger partial charge in [0.1, 0.15) is 40.5 Å². The van der Waals surface area contributed by atoms with E-state index in [2.05, 4.69) is 132 Å². The number of hydrogen-bond acceptors (Lipinski definition) is 5. The molecule has 2 atom stereocenters. The van der Waals surface area contributed by atoms with Gasteiger partial charge in [-0.05, 0) is 102 Å². The molecule has 0 amide bonds. The maximum atomic E-state index is 6.72. The van der Waals surface area contributed by atoms with Crippen LogP contribution in [0.5, 0.6) is 0 Å². The standard InChI is InChI=1S/C47H37N3O2/c1-2-12-29(13-3-1)45-48-46(33-22-21-28-11-4-5-14-30(28)23-33)50-47(49-45)39-25-34(27-42-43(39)37-17-8-9-20-40(37)51-42)35-18-10-19-36-38-24-31-15-6-7-16-32(31)26-41(38)52-44(35)36/h2,6-10,12-13,15-27,46-47,50H,1,3-5,11,14H2,(H,48,49). The highest BCUT2D eigenvalue weighted by Crippen LogP contribution is 2.42. The Morgan fingerprint density at radius 1 is 0.654 bits per heavy atom. The molecular formula is C47H37N3O2. The van der Waals surface area contributed by atoms with E-state index in [0.29, 0.717) is 0 Å². The van der Waals surface area contributed by atoms with Gasteiger partial charge in [-0.25, -0.2) is 4.99 Å². The van der Waals surface area contributed by atoms with E-state index < -0.39 is 0 Å². The first-order valence-electron chi connectivity index (χ1n) is 18.6. The summed E-state index contributed by atoms with van der Waals surface area (Å²) in [6.45, 7) is 0. The van der Waals surface area contributed by atoms with E-state index in [9.17, 15) is 0 Å². The molecule has 0 radical (unpaired) electrons. The molecule has 6 aromatic carbocycles. The maximum absolute atomic E-state index is 6.72. The van der Waals surface area contributed by atoms with Crippen LogP contribution in [0.4, 0.5) is 0 Å². The van der Waals surface area contributed by atoms with Crippen LogP contribution in [0, 0.1) is 0 Å². The topological polar surface area (TPSA) is 62.7 Å². The molecule has 8 aromatic rings. The fraction of sp³-hybridized carbons (Fsp3) is 0.170. The molecular weight excluding hydrogens is 639 g/mol. The van der Waals surface area contributed by atoms with Crippen LogP contribution < -0.4 is 10.6 Å². The fourth-order valence-corrected chi connectivity index (χ4v) is 8.73. The third-order valence-electron chi connectivity index (χ3n) is 11.3. The summed E-state index contributed by atoms with van der Waals surface area (Å²) < 4.78 is 13.4.